The summed E-state index contributed by atoms with van der Waals surface area (Å²) in [7, 11) is 0. The zero-order chi connectivity index (χ0) is 16.0. The molecule has 6 heteroatoms. The number of amides is 2. The van der Waals surface area contributed by atoms with Crippen molar-refractivity contribution in [3.8, 4) is 0 Å². The van der Waals surface area contributed by atoms with E-state index < -0.39 is 0 Å². The zero-order valence-corrected chi connectivity index (χ0v) is 12.6. The standard InChI is InChI=1S/C15H22FN3O2/c1-15(2,3)14(10-4-6-11(16)7-5-10)19-13(21)9-18-12(20)8-17/h4-7,14H,8-9,17H2,1-3H3,(H,18,20)(H,19,21). The van der Waals surface area contributed by atoms with Crippen LogP contribution >= 0.6 is 0 Å². The second-order valence-electron chi connectivity index (χ2n) is 5.90. The number of carbonyl (C=O) groups is 2. The Morgan fingerprint density at radius 2 is 1.76 bits per heavy atom. The molecule has 1 aromatic carbocycles. The highest BCUT2D eigenvalue weighted by Gasteiger charge is 2.27. The number of hydrogen-bond donors (Lipinski definition) is 3. The van der Waals surface area contributed by atoms with Gasteiger partial charge in [-0.3, -0.25) is 9.59 Å². The van der Waals surface area contributed by atoms with Gasteiger partial charge in [-0.25, -0.2) is 4.39 Å². The number of benzene rings is 1. The van der Waals surface area contributed by atoms with Crippen LogP contribution in [0.25, 0.3) is 0 Å². The van der Waals surface area contributed by atoms with Crippen LogP contribution in [-0.2, 0) is 9.59 Å². The zero-order valence-electron chi connectivity index (χ0n) is 12.6. The molecule has 0 aliphatic heterocycles. The molecule has 0 aliphatic rings. The first-order valence-corrected chi connectivity index (χ1v) is 6.75. The largest absolute Gasteiger partial charge is 0.347 e. The van der Waals surface area contributed by atoms with Crippen molar-refractivity contribution < 1.29 is 14.0 Å². The first kappa shape index (κ1) is 17.1. The lowest BCUT2D eigenvalue weighted by atomic mass is 9.82. The average Bonchev–Trinajstić information content (AvgIpc) is 2.42. The van der Waals surface area contributed by atoms with E-state index in [1.807, 2.05) is 20.8 Å². The number of halogens is 1. The van der Waals surface area contributed by atoms with Crippen LogP contribution in [0.4, 0.5) is 4.39 Å². The molecule has 0 aromatic heterocycles. The fraction of sp³-hybridized carbons (Fsp3) is 0.467. The van der Waals surface area contributed by atoms with Crippen molar-refractivity contribution in [2.45, 2.75) is 26.8 Å². The van der Waals surface area contributed by atoms with Crippen LogP contribution in [0.5, 0.6) is 0 Å². The molecule has 1 atom stereocenters. The second kappa shape index (κ2) is 7.17. The van der Waals surface area contributed by atoms with Crippen LogP contribution in [0.2, 0.25) is 0 Å². The van der Waals surface area contributed by atoms with Crippen LogP contribution < -0.4 is 16.4 Å². The molecular weight excluding hydrogens is 273 g/mol. The summed E-state index contributed by atoms with van der Waals surface area (Å²) in [6.07, 6.45) is 0. The van der Waals surface area contributed by atoms with Crippen molar-refractivity contribution in [2.24, 2.45) is 11.1 Å². The molecule has 0 radical (unpaired) electrons. The van der Waals surface area contributed by atoms with Crippen molar-refractivity contribution >= 4 is 11.8 Å². The second-order valence-corrected chi connectivity index (χ2v) is 5.90. The topological polar surface area (TPSA) is 84.2 Å². The van der Waals surface area contributed by atoms with E-state index in [-0.39, 0.29) is 42.2 Å². The molecule has 0 spiro atoms. The summed E-state index contributed by atoms with van der Waals surface area (Å²) in [5, 5.41) is 5.27. The van der Waals surface area contributed by atoms with Gasteiger partial charge in [0.2, 0.25) is 11.8 Å². The maximum absolute atomic E-state index is 13.0. The van der Waals surface area contributed by atoms with Crippen molar-refractivity contribution in [3.05, 3.63) is 35.6 Å². The molecule has 5 nitrogen and oxygen atoms in total. The number of carbonyl (C=O) groups excluding carboxylic acids is 2. The molecule has 4 N–H and O–H groups in total. The lowest BCUT2D eigenvalue weighted by Gasteiger charge is -2.32. The Labute approximate surface area is 124 Å². The smallest absolute Gasteiger partial charge is 0.239 e. The van der Waals surface area contributed by atoms with Crippen LogP contribution in [-0.4, -0.2) is 24.9 Å². The Morgan fingerprint density at radius 3 is 2.24 bits per heavy atom. The van der Waals surface area contributed by atoms with Crippen molar-refractivity contribution in [3.63, 3.8) is 0 Å². The molecule has 1 aromatic rings. The molecule has 21 heavy (non-hydrogen) atoms. The van der Waals surface area contributed by atoms with E-state index in [1.54, 1.807) is 12.1 Å². The molecule has 0 saturated carbocycles. The Kier molecular flexibility index (Phi) is 5.84. The Bertz CT molecular complexity index is 495. The van der Waals surface area contributed by atoms with Gasteiger partial charge in [0.05, 0.1) is 19.1 Å². The van der Waals surface area contributed by atoms with E-state index in [0.29, 0.717) is 0 Å². The van der Waals surface area contributed by atoms with Crippen LogP contribution in [0.1, 0.15) is 32.4 Å². The van der Waals surface area contributed by atoms with Crippen LogP contribution in [0.15, 0.2) is 24.3 Å². The lowest BCUT2D eigenvalue weighted by molar-refractivity contribution is -0.126. The predicted molar refractivity (Wildman–Crippen MR) is 78.8 cm³/mol. The number of nitrogens with two attached hydrogens (primary N) is 1. The van der Waals surface area contributed by atoms with Crippen molar-refractivity contribution in [1.82, 2.24) is 10.6 Å². The number of nitrogens with one attached hydrogen (secondary N) is 2. The lowest BCUT2D eigenvalue weighted by Crippen LogP contribution is -2.43. The third-order valence-electron chi connectivity index (χ3n) is 3.01. The summed E-state index contributed by atoms with van der Waals surface area (Å²) in [5.74, 6) is -1.03. The van der Waals surface area contributed by atoms with Gasteiger partial charge in [-0.2, -0.15) is 0 Å². The van der Waals surface area contributed by atoms with Crippen LogP contribution in [0.3, 0.4) is 0 Å². The minimum absolute atomic E-state index is 0.135. The highest BCUT2D eigenvalue weighted by molar-refractivity contribution is 5.85. The monoisotopic (exact) mass is 295 g/mol. The van der Waals surface area contributed by atoms with Gasteiger partial charge in [0.15, 0.2) is 0 Å². The third kappa shape index (κ3) is 5.51. The van der Waals surface area contributed by atoms with Gasteiger partial charge in [0, 0.05) is 0 Å². The van der Waals surface area contributed by atoms with Gasteiger partial charge < -0.3 is 16.4 Å². The van der Waals surface area contributed by atoms with Gasteiger partial charge in [-0.1, -0.05) is 32.9 Å². The normalized spacial score (nSPS) is 12.6. The summed E-state index contributed by atoms with van der Waals surface area (Å²) in [6, 6.07) is 5.71. The summed E-state index contributed by atoms with van der Waals surface area (Å²) in [5.41, 5.74) is 5.70. The fourth-order valence-corrected chi connectivity index (χ4v) is 1.92. The molecular formula is C15H22FN3O2. The quantitative estimate of drug-likeness (QED) is 0.760. The molecule has 2 amide bonds. The summed E-state index contributed by atoms with van der Waals surface area (Å²) < 4.78 is 13.0. The Morgan fingerprint density at radius 1 is 1.19 bits per heavy atom. The first-order valence-electron chi connectivity index (χ1n) is 6.75. The highest BCUT2D eigenvalue weighted by atomic mass is 19.1. The molecule has 0 fully saturated rings. The molecule has 1 rings (SSSR count). The maximum atomic E-state index is 13.0. The molecule has 0 saturated heterocycles. The van der Waals surface area contributed by atoms with E-state index in [9.17, 15) is 14.0 Å². The molecule has 0 bridgehead atoms. The maximum Gasteiger partial charge on any atom is 0.239 e. The van der Waals surface area contributed by atoms with E-state index in [4.69, 9.17) is 5.73 Å². The Balaban J connectivity index is 2.78. The van der Waals surface area contributed by atoms with Crippen molar-refractivity contribution in [1.29, 1.82) is 0 Å². The third-order valence-corrected chi connectivity index (χ3v) is 3.01. The van der Waals surface area contributed by atoms with Gasteiger partial charge in [0.1, 0.15) is 5.82 Å². The summed E-state index contributed by atoms with van der Waals surface area (Å²) in [4.78, 5) is 23.0. The minimum Gasteiger partial charge on any atom is -0.347 e. The van der Waals surface area contributed by atoms with Crippen molar-refractivity contribution in [2.75, 3.05) is 13.1 Å². The van der Waals surface area contributed by atoms with Gasteiger partial charge in [0.25, 0.3) is 0 Å². The minimum atomic E-state index is -0.390. The van der Waals surface area contributed by atoms with Gasteiger partial charge in [-0.05, 0) is 23.1 Å². The average molecular weight is 295 g/mol. The number of hydrogen-bond acceptors (Lipinski definition) is 3. The van der Waals surface area contributed by atoms with E-state index in [0.717, 1.165) is 5.56 Å². The summed E-state index contributed by atoms with van der Waals surface area (Å²) >= 11 is 0. The molecule has 0 aliphatic carbocycles. The fourth-order valence-electron chi connectivity index (χ4n) is 1.92. The van der Waals surface area contributed by atoms with Gasteiger partial charge in [-0.15, -0.1) is 0 Å². The van der Waals surface area contributed by atoms with E-state index in [1.165, 1.54) is 12.1 Å². The van der Waals surface area contributed by atoms with E-state index in [2.05, 4.69) is 10.6 Å². The van der Waals surface area contributed by atoms with Crippen LogP contribution in [0, 0.1) is 11.2 Å². The number of rotatable bonds is 5. The highest BCUT2D eigenvalue weighted by Crippen LogP contribution is 2.32. The predicted octanol–water partition coefficient (Wildman–Crippen LogP) is 1.10. The molecule has 1 unspecified atom stereocenters. The Hall–Kier alpha value is -1.95. The SMILES string of the molecule is CC(C)(C)C(NC(=O)CNC(=O)CN)c1ccc(F)cc1. The molecule has 0 heterocycles. The van der Waals surface area contributed by atoms with Gasteiger partial charge >= 0.3 is 0 Å². The van der Waals surface area contributed by atoms with E-state index >= 15 is 0 Å². The first-order chi connectivity index (χ1) is 9.74. The molecule has 116 valence electrons. The summed E-state index contributed by atoms with van der Waals surface area (Å²) in [6.45, 7) is 5.62.